The Labute approximate surface area is 208 Å². The number of methoxy groups -OCH3 is 1. The van der Waals surface area contributed by atoms with Crippen LogP contribution in [0.5, 0.6) is 5.75 Å². The summed E-state index contributed by atoms with van der Waals surface area (Å²) in [6, 6.07) is 14.9. The number of hydrogen-bond acceptors (Lipinski definition) is 4. The third-order valence-electron chi connectivity index (χ3n) is 6.85. The van der Waals surface area contributed by atoms with Crippen molar-refractivity contribution in [3.8, 4) is 5.75 Å². The maximum Gasteiger partial charge on any atom is 0.416 e. The summed E-state index contributed by atoms with van der Waals surface area (Å²) < 4.78 is 75.7. The van der Waals surface area contributed by atoms with Crippen molar-refractivity contribution in [2.75, 3.05) is 17.1 Å². The van der Waals surface area contributed by atoms with Gasteiger partial charge in [0.25, 0.3) is 10.0 Å². The van der Waals surface area contributed by atoms with Gasteiger partial charge in [-0.2, -0.15) is 13.2 Å². The van der Waals surface area contributed by atoms with Crippen LogP contribution in [0, 0.1) is 12.8 Å². The van der Waals surface area contributed by atoms with Gasteiger partial charge in [-0.3, -0.25) is 4.72 Å². The predicted octanol–water partition coefficient (Wildman–Crippen LogP) is 6.65. The number of aryl methyl sites for hydroxylation is 1. The number of sulfonamides is 1. The highest BCUT2D eigenvalue weighted by Gasteiger charge is 2.42. The third kappa shape index (κ3) is 4.32. The molecule has 0 saturated heterocycles. The van der Waals surface area contributed by atoms with E-state index in [1.807, 2.05) is 25.1 Å². The van der Waals surface area contributed by atoms with Gasteiger partial charge in [0.15, 0.2) is 0 Å². The van der Waals surface area contributed by atoms with Gasteiger partial charge in [0.1, 0.15) is 5.75 Å². The van der Waals surface area contributed by atoms with Gasteiger partial charge in [-0.1, -0.05) is 36.4 Å². The summed E-state index contributed by atoms with van der Waals surface area (Å²) >= 11 is 0. The SMILES string of the molecule is COc1ccc(C)cc1NS(=O)(=O)c1ccc2c(c1)[C@H]1C=CC[C@H]1[C@@H](c1ccccc1C(F)(F)F)N2. The molecule has 0 aromatic heterocycles. The first-order valence-corrected chi connectivity index (χ1v) is 13.0. The second kappa shape index (κ2) is 8.89. The Morgan fingerprint density at radius 2 is 1.81 bits per heavy atom. The van der Waals surface area contributed by atoms with Gasteiger partial charge in [0.05, 0.1) is 29.3 Å². The lowest BCUT2D eigenvalue weighted by atomic mass is 9.76. The highest BCUT2D eigenvalue weighted by Crippen LogP contribution is 2.52. The van der Waals surface area contributed by atoms with E-state index in [4.69, 9.17) is 4.74 Å². The number of halogens is 3. The number of alkyl halides is 3. The Kier molecular flexibility index (Phi) is 5.98. The van der Waals surface area contributed by atoms with Crippen molar-refractivity contribution in [1.29, 1.82) is 0 Å². The lowest BCUT2D eigenvalue weighted by Gasteiger charge is -2.38. The highest BCUT2D eigenvalue weighted by molar-refractivity contribution is 7.92. The van der Waals surface area contributed by atoms with Crippen LogP contribution in [0.25, 0.3) is 0 Å². The number of fused-ring (bicyclic) bond motifs is 3. The second-order valence-corrected chi connectivity index (χ2v) is 10.8. The fraction of sp³-hybridized carbons (Fsp3) is 0.259. The summed E-state index contributed by atoms with van der Waals surface area (Å²) in [4.78, 5) is 0.0693. The zero-order chi connectivity index (χ0) is 25.7. The molecule has 2 aliphatic rings. The largest absolute Gasteiger partial charge is 0.495 e. The Morgan fingerprint density at radius 3 is 2.56 bits per heavy atom. The summed E-state index contributed by atoms with van der Waals surface area (Å²) in [6.45, 7) is 1.85. The fourth-order valence-electron chi connectivity index (χ4n) is 5.18. The van der Waals surface area contributed by atoms with Crippen LogP contribution in [0.4, 0.5) is 24.5 Å². The van der Waals surface area contributed by atoms with E-state index in [9.17, 15) is 21.6 Å². The minimum Gasteiger partial charge on any atom is -0.495 e. The molecule has 1 aliphatic carbocycles. The van der Waals surface area contributed by atoms with Gasteiger partial charge in [-0.05, 0) is 72.4 Å². The van der Waals surface area contributed by atoms with Crippen LogP contribution in [-0.4, -0.2) is 15.5 Å². The summed E-state index contributed by atoms with van der Waals surface area (Å²) in [6.07, 6.45) is 0.0253. The number of ether oxygens (including phenoxy) is 1. The van der Waals surface area contributed by atoms with E-state index in [0.29, 0.717) is 23.5 Å². The van der Waals surface area contributed by atoms with Crippen molar-refractivity contribution < 1.29 is 26.3 Å². The lowest BCUT2D eigenvalue weighted by Crippen LogP contribution is -2.31. The van der Waals surface area contributed by atoms with Crippen molar-refractivity contribution in [3.05, 3.63) is 95.1 Å². The van der Waals surface area contributed by atoms with Crippen LogP contribution in [0.1, 0.15) is 40.6 Å². The molecule has 0 bridgehead atoms. The molecule has 3 aromatic carbocycles. The average molecular weight is 515 g/mol. The van der Waals surface area contributed by atoms with E-state index in [-0.39, 0.29) is 22.3 Å². The molecule has 5 rings (SSSR count). The molecule has 3 atom stereocenters. The molecular weight excluding hydrogens is 489 g/mol. The van der Waals surface area contributed by atoms with Crippen LogP contribution >= 0.6 is 0 Å². The Morgan fingerprint density at radius 1 is 1.03 bits per heavy atom. The molecule has 36 heavy (non-hydrogen) atoms. The molecule has 0 saturated carbocycles. The molecule has 0 spiro atoms. The van der Waals surface area contributed by atoms with Crippen LogP contribution in [0.3, 0.4) is 0 Å². The van der Waals surface area contributed by atoms with E-state index >= 15 is 0 Å². The van der Waals surface area contributed by atoms with Gasteiger partial charge in [0.2, 0.25) is 0 Å². The van der Waals surface area contributed by atoms with Gasteiger partial charge in [-0.25, -0.2) is 8.42 Å². The minimum atomic E-state index is -4.47. The van der Waals surface area contributed by atoms with Crippen LogP contribution < -0.4 is 14.8 Å². The van der Waals surface area contributed by atoms with Crippen LogP contribution in [0.2, 0.25) is 0 Å². The van der Waals surface area contributed by atoms with Crippen molar-refractivity contribution >= 4 is 21.4 Å². The molecule has 0 unspecified atom stereocenters. The Bertz CT molecular complexity index is 1450. The molecule has 2 N–H and O–H groups in total. The second-order valence-electron chi connectivity index (χ2n) is 9.12. The zero-order valence-electron chi connectivity index (χ0n) is 19.6. The third-order valence-corrected chi connectivity index (χ3v) is 8.21. The molecule has 1 heterocycles. The van der Waals surface area contributed by atoms with Crippen molar-refractivity contribution in [3.63, 3.8) is 0 Å². The molecule has 0 radical (unpaired) electrons. The van der Waals surface area contributed by atoms with E-state index in [2.05, 4.69) is 10.0 Å². The quantitative estimate of drug-likeness (QED) is 0.374. The monoisotopic (exact) mass is 514 g/mol. The maximum absolute atomic E-state index is 13.8. The van der Waals surface area contributed by atoms with Gasteiger partial charge in [-0.15, -0.1) is 0 Å². The molecule has 5 nitrogen and oxygen atoms in total. The van der Waals surface area contributed by atoms with E-state index in [0.717, 1.165) is 17.2 Å². The molecule has 0 amide bonds. The van der Waals surface area contributed by atoms with Gasteiger partial charge < -0.3 is 10.1 Å². The van der Waals surface area contributed by atoms with E-state index < -0.39 is 27.8 Å². The molecule has 188 valence electrons. The molecule has 3 aromatic rings. The number of benzene rings is 3. The molecule has 1 aliphatic heterocycles. The van der Waals surface area contributed by atoms with Crippen LogP contribution in [-0.2, 0) is 16.2 Å². The highest BCUT2D eigenvalue weighted by atomic mass is 32.2. The number of allylic oxidation sites excluding steroid dienone is 2. The van der Waals surface area contributed by atoms with Crippen molar-refractivity contribution in [2.24, 2.45) is 5.92 Å². The van der Waals surface area contributed by atoms with Crippen LogP contribution in [0.15, 0.2) is 77.7 Å². The zero-order valence-corrected chi connectivity index (χ0v) is 20.5. The summed E-state index contributed by atoms with van der Waals surface area (Å²) in [7, 11) is -2.48. The van der Waals surface area contributed by atoms with Gasteiger partial charge >= 0.3 is 6.18 Å². The van der Waals surface area contributed by atoms with Gasteiger partial charge in [0, 0.05) is 11.6 Å². The standard InChI is InChI=1S/C27H25F3N2O3S/c1-16-10-13-25(35-2)24(14-16)32-36(33,34)17-11-12-23-21(15-17)18-7-5-8-19(18)26(31-23)20-6-3-4-9-22(20)27(28,29)30/h3-7,9-15,18-19,26,31-32H,8H2,1-2H3/t18-,19+,26-/m0/s1. The first-order valence-electron chi connectivity index (χ1n) is 11.5. The number of nitrogens with one attached hydrogen (secondary N) is 2. The molecule has 0 fully saturated rings. The fourth-order valence-corrected chi connectivity index (χ4v) is 6.28. The summed E-state index contributed by atoms with van der Waals surface area (Å²) in [5, 5.41) is 3.28. The van der Waals surface area contributed by atoms with Crippen molar-refractivity contribution in [1.82, 2.24) is 0 Å². The predicted molar refractivity (Wildman–Crippen MR) is 133 cm³/mol. The Balaban J connectivity index is 1.52. The Hall–Kier alpha value is -3.46. The first kappa shape index (κ1) is 24.2. The van der Waals surface area contributed by atoms with E-state index in [1.54, 1.807) is 30.3 Å². The van der Waals surface area contributed by atoms with Crippen molar-refractivity contribution in [2.45, 2.75) is 36.4 Å². The smallest absolute Gasteiger partial charge is 0.416 e. The van der Waals surface area contributed by atoms with E-state index in [1.165, 1.54) is 25.3 Å². The number of hydrogen-bond donors (Lipinski definition) is 2. The first-order chi connectivity index (χ1) is 17.1. The lowest BCUT2D eigenvalue weighted by molar-refractivity contribution is -0.138. The summed E-state index contributed by atoms with van der Waals surface area (Å²) in [5.74, 6) is 0.00809. The average Bonchev–Trinajstić information content (AvgIpc) is 3.33. The minimum absolute atomic E-state index is 0.0693. The normalized spacial score (nSPS) is 20.9. The summed E-state index contributed by atoms with van der Waals surface area (Å²) in [5.41, 5.74) is 2.10. The topological polar surface area (TPSA) is 67.4 Å². The number of anilines is 2. The molecular formula is C27H25F3N2O3S. The maximum atomic E-state index is 13.8. The molecule has 9 heteroatoms. The number of rotatable bonds is 5.